The molecule has 2 aromatic rings. The quantitative estimate of drug-likeness (QED) is 0.767. The van der Waals surface area contributed by atoms with E-state index in [4.69, 9.17) is 9.84 Å². The van der Waals surface area contributed by atoms with Crippen LogP contribution >= 0.6 is 0 Å². The molecule has 1 aromatic heterocycles. The first-order chi connectivity index (χ1) is 9.17. The third-order valence-corrected chi connectivity index (χ3v) is 2.95. The third-order valence-electron chi connectivity index (χ3n) is 2.95. The van der Waals surface area contributed by atoms with Crippen molar-refractivity contribution in [1.29, 1.82) is 0 Å². The van der Waals surface area contributed by atoms with E-state index in [2.05, 4.69) is 4.98 Å². The number of ether oxygens (including phenoxy) is 1. The highest BCUT2D eigenvalue weighted by Gasteiger charge is 2.12. The highest BCUT2D eigenvalue weighted by molar-refractivity contribution is 5.92. The number of carboxylic acid groups (broad SMARTS) is 1. The number of fused-ring (bicyclic) bond motifs is 1. The Morgan fingerprint density at radius 1 is 1.47 bits per heavy atom. The van der Waals surface area contributed by atoms with E-state index < -0.39 is 5.97 Å². The van der Waals surface area contributed by atoms with Crippen molar-refractivity contribution in [3.05, 3.63) is 29.6 Å². The van der Waals surface area contributed by atoms with Crippen LogP contribution in [0.1, 0.15) is 22.6 Å². The highest BCUT2D eigenvalue weighted by atomic mass is 16.5. The van der Waals surface area contributed by atoms with Crippen LogP contribution in [0.2, 0.25) is 0 Å². The molecule has 0 aliphatic carbocycles. The predicted octanol–water partition coefficient (Wildman–Crippen LogP) is 1.26. The van der Waals surface area contributed by atoms with Gasteiger partial charge in [0.15, 0.2) is 0 Å². The number of methoxy groups -OCH3 is 1. The molecular formula is C13H16N2O4. The molecule has 0 radical (unpaired) electrons. The van der Waals surface area contributed by atoms with Crippen molar-refractivity contribution in [2.75, 3.05) is 13.7 Å². The van der Waals surface area contributed by atoms with Gasteiger partial charge in [0.1, 0.15) is 12.4 Å². The molecular weight excluding hydrogens is 248 g/mol. The smallest absolute Gasteiger partial charge is 0.335 e. The van der Waals surface area contributed by atoms with Crippen LogP contribution in [0.4, 0.5) is 0 Å². The molecule has 0 aliphatic rings. The van der Waals surface area contributed by atoms with Crippen LogP contribution in [0.15, 0.2) is 18.2 Å². The lowest BCUT2D eigenvalue weighted by Crippen LogP contribution is -2.06. The van der Waals surface area contributed by atoms with E-state index in [1.165, 1.54) is 6.07 Å². The molecule has 102 valence electrons. The molecule has 1 aromatic carbocycles. The first kappa shape index (κ1) is 13.5. The number of aromatic carboxylic acids is 1. The maximum Gasteiger partial charge on any atom is 0.335 e. The average Bonchev–Trinajstić information content (AvgIpc) is 2.76. The Bertz CT molecular complexity index is 592. The zero-order valence-electron chi connectivity index (χ0n) is 10.7. The van der Waals surface area contributed by atoms with Gasteiger partial charge in [0.2, 0.25) is 0 Å². The van der Waals surface area contributed by atoms with Crippen LogP contribution in [-0.2, 0) is 17.9 Å². The Hall–Kier alpha value is -1.92. The minimum absolute atomic E-state index is 0.177. The number of carbonyl (C=O) groups is 1. The van der Waals surface area contributed by atoms with Crippen LogP contribution in [-0.4, -0.2) is 39.5 Å². The normalized spacial score (nSPS) is 11.1. The maximum absolute atomic E-state index is 10.9. The summed E-state index contributed by atoms with van der Waals surface area (Å²) < 4.78 is 6.89. The Kier molecular flexibility index (Phi) is 4.13. The Morgan fingerprint density at radius 3 is 2.89 bits per heavy atom. The average molecular weight is 264 g/mol. The van der Waals surface area contributed by atoms with Gasteiger partial charge in [-0.05, 0) is 24.6 Å². The number of benzene rings is 1. The number of aliphatic hydroxyl groups excluding tert-OH is 1. The van der Waals surface area contributed by atoms with Crippen molar-refractivity contribution in [3.63, 3.8) is 0 Å². The Morgan fingerprint density at radius 2 is 2.26 bits per heavy atom. The molecule has 6 nitrogen and oxygen atoms in total. The fourth-order valence-corrected chi connectivity index (χ4v) is 2.05. The Labute approximate surface area is 110 Å². The van der Waals surface area contributed by atoms with Gasteiger partial charge < -0.3 is 19.5 Å². The molecule has 19 heavy (non-hydrogen) atoms. The van der Waals surface area contributed by atoms with Crippen molar-refractivity contribution in [3.8, 4) is 0 Å². The SMILES string of the molecule is COCCCn1c(CO)nc2cc(C(=O)O)ccc21. The van der Waals surface area contributed by atoms with Gasteiger partial charge in [-0.3, -0.25) is 0 Å². The molecule has 0 aliphatic heterocycles. The maximum atomic E-state index is 10.9. The minimum Gasteiger partial charge on any atom is -0.478 e. The van der Waals surface area contributed by atoms with E-state index in [9.17, 15) is 9.90 Å². The van der Waals surface area contributed by atoms with Gasteiger partial charge in [0, 0.05) is 20.3 Å². The van der Waals surface area contributed by atoms with Crippen LogP contribution in [0.25, 0.3) is 11.0 Å². The second-order valence-corrected chi connectivity index (χ2v) is 4.19. The summed E-state index contributed by atoms with van der Waals surface area (Å²) in [4.78, 5) is 15.2. The van der Waals surface area contributed by atoms with Crippen LogP contribution in [0, 0.1) is 0 Å². The molecule has 0 saturated carbocycles. The lowest BCUT2D eigenvalue weighted by Gasteiger charge is -2.07. The lowest BCUT2D eigenvalue weighted by molar-refractivity contribution is 0.0697. The number of imidazole rings is 1. The van der Waals surface area contributed by atoms with Gasteiger partial charge in [0.05, 0.1) is 16.6 Å². The topological polar surface area (TPSA) is 84.6 Å². The van der Waals surface area contributed by atoms with Crippen molar-refractivity contribution in [2.45, 2.75) is 19.6 Å². The summed E-state index contributed by atoms with van der Waals surface area (Å²) in [6.07, 6.45) is 0.801. The largest absolute Gasteiger partial charge is 0.478 e. The summed E-state index contributed by atoms with van der Waals surface area (Å²) in [6, 6.07) is 4.78. The summed E-state index contributed by atoms with van der Waals surface area (Å²) in [5, 5.41) is 18.3. The number of carboxylic acids is 1. The monoisotopic (exact) mass is 264 g/mol. The Balaban J connectivity index is 2.40. The molecule has 6 heteroatoms. The van der Waals surface area contributed by atoms with E-state index in [0.717, 1.165) is 11.9 Å². The number of aliphatic hydroxyl groups is 1. The summed E-state index contributed by atoms with van der Waals surface area (Å²) in [5.41, 5.74) is 1.60. The van der Waals surface area contributed by atoms with Gasteiger partial charge in [0.25, 0.3) is 0 Å². The second kappa shape index (κ2) is 5.81. The number of aryl methyl sites for hydroxylation is 1. The van der Waals surface area contributed by atoms with Gasteiger partial charge in [-0.25, -0.2) is 9.78 Å². The van der Waals surface area contributed by atoms with E-state index in [1.807, 2.05) is 4.57 Å². The van der Waals surface area contributed by atoms with E-state index >= 15 is 0 Å². The molecule has 0 atom stereocenters. The zero-order chi connectivity index (χ0) is 13.8. The molecule has 2 N–H and O–H groups in total. The fraction of sp³-hybridized carbons (Fsp3) is 0.385. The number of hydrogen-bond donors (Lipinski definition) is 2. The predicted molar refractivity (Wildman–Crippen MR) is 69.1 cm³/mol. The first-order valence-corrected chi connectivity index (χ1v) is 5.99. The molecule has 0 spiro atoms. The molecule has 0 saturated heterocycles. The van der Waals surface area contributed by atoms with E-state index in [1.54, 1.807) is 19.2 Å². The third kappa shape index (κ3) is 2.74. The number of aromatic nitrogens is 2. The summed E-state index contributed by atoms with van der Waals surface area (Å²) in [5.74, 6) is -0.449. The minimum atomic E-state index is -0.985. The van der Waals surface area contributed by atoms with Crippen molar-refractivity contribution in [2.24, 2.45) is 0 Å². The summed E-state index contributed by atoms with van der Waals surface area (Å²) >= 11 is 0. The van der Waals surface area contributed by atoms with Gasteiger partial charge >= 0.3 is 5.97 Å². The van der Waals surface area contributed by atoms with Crippen molar-refractivity contribution < 1.29 is 19.7 Å². The first-order valence-electron chi connectivity index (χ1n) is 5.99. The van der Waals surface area contributed by atoms with Crippen LogP contribution < -0.4 is 0 Å². The van der Waals surface area contributed by atoms with Gasteiger partial charge in [-0.15, -0.1) is 0 Å². The summed E-state index contributed by atoms with van der Waals surface area (Å²) in [6.45, 7) is 1.12. The van der Waals surface area contributed by atoms with Crippen LogP contribution in [0.3, 0.4) is 0 Å². The number of nitrogens with zero attached hydrogens (tertiary/aromatic N) is 2. The summed E-state index contributed by atoms with van der Waals surface area (Å²) in [7, 11) is 1.64. The number of rotatable bonds is 6. The lowest BCUT2D eigenvalue weighted by atomic mass is 10.2. The molecule has 0 amide bonds. The standard InChI is InChI=1S/C13H16N2O4/c1-19-6-2-5-15-11-4-3-9(13(17)18)7-10(11)14-12(15)8-16/h3-4,7,16H,2,5-6,8H2,1H3,(H,17,18). The molecule has 0 fully saturated rings. The van der Waals surface area contributed by atoms with E-state index in [-0.39, 0.29) is 12.2 Å². The van der Waals surface area contributed by atoms with Crippen molar-refractivity contribution in [1.82, 2.24) is 9.55 Å². The van der Waals surface area contributed by atoms with Crippen LogP contribution in [0.5, 0.6) is 0 Å². The number of hydrogen-bond acceptors (Lipinski definition) is 4. The second-order valence-electron chi connectivity index (χ2n) is 4.19. The molecule has 1 heterocycles. The van der Waals surface area contributed by atoms with E-state index in [0.29, 0.717) is 24.5 Å². The molecule has 2 rings (SSSR count). The molecule has 0 bridgehead atoms. The zero-order valence-corrected chi connectivity index (χ0v) is 10.7. The highest BCUT2D eigenvalue weighted by Crippen LogP contribution is 2.19. The van der Waals surface area contributed by atoms with Gasteiger partial charge in [-0.2, -0.15) is 0 Å². The molecule has 0 unspecified atom stereocenters. The van der Waals surface area contributed by atoms with Crippen molar-refractivity contribution >= 4 is 17.0 Å². The van der Waals surface area contributed by atoms with Gasteiger partial charge in [-0.1, -0.05) is 0 Å². The fourth-order valence-electron chi connectivity index (χ4n) is 2.05.